The molecule has 0 radical (unpaired) electrons. The van der Waals surface area contributed by atoms with Crippen molar-refractivity contribution in [2.75, 3.05) is 25.0 Å². The van der Waals surface area contributed by atoms with Crippen LogP contribution in [0.2, 0.25) is 0 Å². The van der Waals surface area contributed by atoms with E-state index in [1.54, 1.807) is 0 Å². The third-order valence-corrected chi connectivity index (χ3v) is 4.12. The number of benzene rings is 1. The lowest BCUT2D eigenvalue weighted by Gasteiger charge is -2.32. The van der Waals surface area contributed by atoms with Gasteiger partial charge in [0.1, 0.15) is 5.82 Å². The fourth-order valence-corrected chi connectivity index (χ4v) is 2.73. The van der Waals surface area contributed by atoms with Crippen LogP contribution in [0.1, 0.15) is 5.56 Å². The standard InChI is InChI=1S/C12H14Br2FNO/c13-6-10-8-16(3-4-17-10)7-9-1-2-12(15)11(14)5-9/h1-2,5,10H,3-4,6-8H2. The van der Waals surface area contributed by atoms with Gasteiger partial charge in [0, 0.05) is 25.0 Å². The number of rotatable bonds is 3. The third kappa shape index (κ3) is 3.74. The Morgan fingerprint density at radius 1 is 1.47 bits per heavy atom. The second kappa shape index (κ2) is 6.27. The van der Waals surface area contributed by atoms with Crippen molar-refractivity contribution in [1.82, 2.24) is 4.90 Å². The first-order valence-corrected chi connectivity index (χ1v) is 7.44. The number of nitrogens with zero attached hydrogens (tertiary/aromatic N) is 1. The molecule has 0 aromatic heterocycles. The highest BCUT2D eigenvalue weighted by atomic mass is 79.9. The fraction of sp³-hybridized carbons (Fsp3) is 0.500. The van der Waals surface area contributed by atoms with Crippen LogP contribution in [-0.2, 0) is 11.3 Å². The lowest BCUT2D eigenvalue weighted by molar-refractivity contribution is -0.0181. The van der Waals surface area contributed by atoms with E-state index in [0.29, 0.717) is 4.47 Å². The van der Waals surface area contributed by atoms with Gasteiger partial charge >= 0.3 is 0 Å². The molecule has 0 aliphatic carbocycles. The molecule has 0 saturated carbocycles. The monoisotopic (exact) mass is 365 g/mol. The predicted octanol–water partition coefficient (Wildman–Crippen LogP) is 3.18. The number of alkyl halides is 1. The first-order valence-electron chi connectivity index (χ1n) is 5.53. The van der Waals surface area contributed by atoms with E-state index in [2.05, 4.69) is 36.8 Å². The Morgan fingerprint density at radius 3 is 3.00 bits per heavy atom. The molecule has 1 atom stereocenters. The molecular weight excluding hydrogens is 353 g/mol. The van der Waals surface area contributed by atoms with Gasteiger partial charge in [-0.2, -0.15) is 0 Å². The molecule has 1 aliphatic heterocycles. The molecule has 94 valence electrons. The number of hydrogen-bond acceptors (Lipinski definition) is 2. The van der Waals surface area contributed by atoms with Crippen LogP contribution in [0.5, 0.6) is 0 Å². The molecule has 0 N–H and O–H groups in total. The van der Waals surface area contributed by atoms with Crippen LogP contribution in [-0.4, -0.2) is 36.0 Å². The smallest absolute Gasteiger partial charge is 0.137 e. The summed E-state index contributed by atoms with van der Waals surface area (Å²) in [6.45, 7) is 3.45. The molecule has 1 aromatic carbocycles. The minimum Gasteiger partial charge on any atom is -0.375 e. The number of ether oxygens (including phenoxy) is 1. The van der Waals surface area contributed by atoms with E-state index in [1.807, 2.05) is 12.1 Å². The Hall–Kier alpha value is 0.0300. The molecule has 17 heavy (non-hydrogen) atoms. The van der Waals surface area contributed by atoms with Crippen molar-refractivity contribution in [3.63, 3.8) is 0 Å². The van der Waals surface area contributed by atoms with Crippen molar-refractivity contribution in [2.45, 2.75) is 12.6 Å². The van der Waals surface area contributed by atoms with Crippen molar-refractivity contribution < 1.29 is 9.13 Å². The van der Waals surface area contributed by atoms with E-state index in [-0.39, 0.29) is 11.9 Å². The van der Waals surface area contributed by atoms with E-state index >= 15 is 0 Å². The van der Waals surface area contributed by atoms with Gasteiger partial charge in [0.15, 0.2) is 0 Å². The lowest BCUT2D eigenvalue weighted by Crippen LogP contribution is -2.42. The summed E-state index contributed by atoms with van der Waals surface area (Å²) in [6.07, 6.45) is 0.257. The predicted molar refractivity (Wildman–Crippen MR) is 72.9 cm³/mol. The topological polar surface area (TPSA) is 12.5 Å². The van der Waals surface area contributed by atoms with Gasteiger partial charge < -0.3 is 4.74 Å². The summed E-state index contributed by atoms with van der Waals surface area (Å²) in [6, 6.07) is 5.18. The Balaban J connectivity index is 1.97. The molecule has 0 spiro atoms. The van der Waals surface area contributed by atoms with Gasteiger partial charge in [0.25, 0.3) is 0 Å². The maximum absolute atomic E-state index is 13.1. The Kier molecular flexibility index (Phi) is 4.97. The van der Waals surface area contributed by atoms with Crippen LogP contribution in [0.25, 0.3) is 0 Å². The van der Waals surface area contributed by atoms with E-state index in [4.69, 9.17) is 4.74 Å². The Labute approximate surface area is 117 Å². The molecule has 0 amide bonds. The molecule has 1 heterocycles. The molecule has 2 nitrogen and oxygen atoms in total. The summed E-state index contributed by atoms with van der Waals surface area (Å²) < 4.78 is 19.2. The molecule has 1 saturated heterocycles. The average Bonchev–Trinajstić information content (AvgIpc) is 2.34. The second-order valence-corrected chi connectivity index (χ2v) is 5.63. The van der Waals surface area contributed by atoms with Crippen molar-refractivity contribution in [1.29, 1.82) is 0 Å². The summed E-state index contributed by atoms with van der Waals surface area (Å²) in [5, 5.41) is 0.858. The van der Waals surface area contributed by atoms with Gasteiger partial charge in [0.2, 0.25) is 0 Å². The average molecular weight is 367 g/mol. The summed E-state index contributed by atoms with van der Waals surface area (Å²) in [5.74, 6) is -0.214. The highest BCUT2D eigenvalue weighted by Gasteiger charge is 2.19. The van der Waals surface area contributed by atoms with Gasteiger partial charge in [-0.1, -0.05) is 22.0 Å². The summed E-state index contributed by atoms with van der Waals surface area (Å²) in [4.78, 5) is 2.33. The first-order chi connectivity index (χ1) is 8.19. The van der Waals surface area contributed by atoms with Gasteiger partial charge in [-0.05, 0) is 33.6 Å². The van der Waals surface area contributed by atoms with E-state index in [0.717, 1.165) is 37.1 Å². The van der Waals surface area contributed by atoms with E-state index < -0.39 is 0 Å². The largest absolute Gasteiger partial charge is 0.375 e. The Bertz CT molecular complexity index is 389. The van der Waals surface area contributed by atoms with Crippen LogP contribution >= 0.6 is 31.9 Å². The van der Waals surface area contributed by atoms with Crippen LogP contribution in [0, 0.1) is 5.82 Å². The first kappa shape index (κ1) is 13.5. The van der Waals surface area contributed by atoms with Gasteiger partial charge in [0.05, 0.1) is 17.2 Å². The molecule has 0 bridgehead atoms. The van der Waals surface area contributed by atoms with E-state index in [9.17, 15) is 4.39 Å². The van der Waals surface area contributed by atoms with Crippen LogP contribution < -0.4 is 0 Å². The number of halogens is 3. The molecular formula is C12H14Br2FNO. The SMILES string of the molecule is Fc1ccc(CN2CCOC(CBr)C2)cc1Br. The van der Waals surface area contributed by atoms with Crippen LogP contribution in [0.15, 0.2) is 22.7 Å². The normalized spacial score (nSPS) is 21.7. The summed E-state index contributed by atoms with van der Waals surface area (Å²) in [5.41, 5.74) is 1.12. The molecule has 2 rings (SSSR count). The fourth-order valence-electron chi connectivity index (χ4n) is 1.91. The minimum atomic E-state index is -0.214. The zero-order chi connectivity index (χ0) is 12.3. The quantitative estimate of drug-likeness (QED) is 0.762. The van der Waals surface area contributed by atoms with Crippen molar-refractivity contribution >= 4 is 31.9 Å². The Morgan fingerprint density at radius 2 is 2.29 bits per heavy atom. The maximum Gasteiger partial charge on any atom is 0.137 e. The second-order valence-electron chi connectivity index (χ2n) is 4.13. The third-order valence-electron chi connectivity index (χ3n) is 2.79. The summed E-state index contributed by atoms with van der Waals surface area (Å²) >= 11 is 6.65. The van der Waals surface area contributed by atoms with Crippen LogP contribution in [0.3, 0.4) is 0 Å². The lowest BCUT2D eigenvalue weighted by atomic mass is 10.2. The van der Waals surface area contributed by atoms with E-state index in [1.165, 1.54) is 6.07 Å². The number of morpholine rings is 1. The molecule has 1 aliphatic rings. The zero-order valence-electron chi connectivity index (χ0n) is 9.33. The van der Waals surface area contributed by atoms with Crippen molar-refractivity contribution in [2.24, 2.45) is 0 Å². The maximum atomic E-state index is 13.1. The highest BCUT2D eigenvalue weighted by Crippen LogP contribution is 2.19. The van der Waals surface area contributed by atoms with Crippen molar-refractivity contribution in [3.8, 4) is 0 Å². The molecule has 1 aromatic rings. The summed E-state index contributed by atoms with van der Waals surface area (Å²) in [7, 11) is 0. The van der Waals surface area contributed by atoms with Gasteiger partial charge in [-0.3, -0.25) is 4.90 Å². The van der Waals surface area contributed by atoms with Gasteiger partial charge in [-0.25, -0.2) is 4.39 Å². The van der Waals surface area contributed by atoms with Crippen LogP contribution in [0.4, 0.5) is 4.39 Å². The molecule has 1 unspecified atom stereocenters. The molecule has 1 fully saturated rings. The zero-order valence-corrected chi connectivity index (χ0v) is 12.5. The molecule has 5 heteroatoms. The van der Waals surface area contributed by atoms with Gasteiger partial charge in [-0.15, -0.1) is 0 Å². The minimum absolute atomic E-state index is 0.214. The highest BCUT2D eigenvalue weighted by molar-refractivity contribution is 9.10. The number of hydrogen-bond donors (Lipinski definition) is 0. The van der Waals surface area contributed by atoms with Crippen molar-refractivity contribution in [3.05, 3.63) is 34.1 Å².